The van der Waals surface area contributed by atoms with Crippen LogP contribution in [0.5, 0.6) is 0 Å². The standard InChI is InChI=1S/C31H30N2O6.C29H30N2O4.C28H28N2O5.C21H18BrNO6.C10H13N.HI/c1-18-9-11-33(26-7-5-4-6-23(18)26)27-15-19(8-10-32-27)28-24-14-22(17-35)21(16-34)12-20(24)13-25(30(36)38-2)29(28)31(37)39-3;1-18-7-9-31(27-5-3-2-4-24(18)27)28-13-19(6-8-30-28)29-25-12-22(15-33)21(14-32)10-20(25)11-23(16-34)26(29)17-35;31-13-19-9-18-10-21(15-33)24(16-34)28(23(18)11-20(19)14-32)17-5-7-29-27(12-17)30-8-6-26(35)22-3-1-2-4-25(22)30;1-28-20(26)16-6-12-5-13(9-24)14(10-25)7-15(12)18(19(16)21(27)29-2)11-3-4-23-17(22)8-11;1-8-6-7-11-10-5-3-2-4-9(8)10;/h4-8,10,12-15,18,34-35H,9,11,16-17H2,1-3H3;2-6,8,10-13,18,32-35H,7,9,14-17H2,1H3;1-5,7,9-12,26,31-35H,6,8,13-16H2;3-8,24-25H,9-10H2,1-2H3;2-5,8,11H,6-7H2,1H3;1H/t2*18-;26-;;8-;/m000.1./s1. The maximum absolute atomic E-state index is 13.2. The van der Waals surface area contributed by atoms with Gasteiger partial charge in [-0.3, -0.25) is 0 Å². The zero-order valence-electron chi connectivity index (χ0n) is 84.0. The first-order valence-electron chi connectivity index (χ1n) is 49.1. The van der Waals surface area contributed by atoms with Crippen LogP contribution in [0.2, 0.25) is 0 Å². The van der Waals surface area contributed by atoms with Crippen molar-refractivity contribution in [2.24, 2.45) is 0 Å². The van der Waals surface area contributed by atoms with Gasteiger partial charge in [0.2, 0.25) is 0 Å². The molecule has 0 aliphatic carbocycles. The summed E-state index contributed by atoms with van der Waals surface area (Å²) in [7, 11) is 4.97. The molecule has 0 saturated heterocycles. The summed E-state index contributed by atoms with van der Waals surface area (Å²) in [5, 5.41) is 139. The number of pyridine rings is 4. The monoisotopic (exact) mass is 2200 g/mol. The molecule has 0 spiro atoms. The number of fused-ring (bicyclic) bond motifs is 8. The van der Waals surface area contributed by atoms with Gasteiger partial charge >= 0.3 is 23.9 Å². The molecule has 0 amide bonds. The quantitative estimate of drug-likeness (QED) is 0.0122. The van der Waals surface area contributed by atoms with Crippen molar-refractivity contribution in [2.45, 2.75) is 150 Å². The fourth-order valence-electron chi connectivity index (χ4n) is 20.8. The SMILES string of the molecule is COC(=O)c1cc2cc(CO)c(CO)cc2c(-c2ccnc(Br)c2)c1C(=O)OC.COC(=O)c1cc2cc(CO)c(CO)cc2c(-c2ccnc(N3CC[C@H](C)c4ccccc43)c2)c1C(=O)OC.C[C@@H]1CCNc2ccccc21.C[C@H]1CCN(c2cc(-c3c(CO)c(CO)cc4cc(CO)c(CO)cc34)ccn2)c2ccccc21.I.OCc1cc2cc(CO)c(CO)c(-c3ccnc(N4CC[C@H](O)c5ccccc54)c3)c2cc1CO. The van der Waals surface area contributed by atoms with E-state index in [0.29, 0.717) is 152 Å². The summed E-state index contributed by atoms with van der Waals surface area (Å²) in [5.41, 5.74) is 22.0. The number of carbonyl (C=O) groups excluding carboxylic acids is 4. The maximum Gasteiger partial charge on any atom is 0.339 e. The number of anilines is 7. The number of hydrogen-bond donors (Lipinski definition) is 14. The molecule has 8 heterocycles. The number of ether oxygens (including phenoxy) is 4. The van der Waals surface area contributed by atoms with Crippen LogP contribution in [0, 0.1) is 0 Å². The minimum atomic E-state index is -0.702. The maximum atomic E-state index is 13.2. The molecule has 776 valence electrons. The van der Waals surface area contributed by atoms with Gasteiger partial charge in [-0.1, -0.05) is 93.6 Å². The Bertz CT molecular complexity index is 7480. The van der Waals surface area contributed by atoms with Gasteiger partial charge in [0.25, 0.3) is 0 Å². The number of halogens is 2. The highest BCUT2D eigenvalue weighted by molar-refractivity contribution is 14.0. The Morgan fingerprint density at radius 1 is 0.327 bits per heavy atom. The lowest BCUT2D eigenvalue weighted by atomic mass is 9.87. The Kier molecular flexibility index (Phi) is 36.8. The molecule has 4 aliphatic heterocycles. The van der Waals surface area contributed by atoms with Gasteiger partial charge in [-0.25, -0.2) is 39.1 Å². The largest absolute Gasteiger partial charge is 0.465 e. The average Bonchev–Trinajstić information content (AvgIpc) is 0.738. The van der Waals surface area contributed by atoms with E-state index >= 15 is 0 Å². The number of aliphatic hydroxyl groups is 13. The summed E-state index contributed by atoms with van der Waals surface area (Å²) in [5.74, 6) is 1.08. The number of esters is 4. The second-order valence-corrected chi connectivity index (χ2v) is 37.8. The lowest BCUT2D eigenvalue weighted by Gasteiger charge is -2.34. The van der Waals surface area contributed by atoms with Crippen LogP contribution in [-0.2, 0) is 98.2 Å². The zero-order chi connectivity index (χ0) is 106. The van der Waals surface area contributed by atoms with Crippen LogP contribution >= 0.6 is 39.9 Å². The van der Waals surface area contributed by atoms with E-state index in [1.807, 2.05) is 109 Å². The first-order valence-corrected chi connectivity index (χ1v) is 49.9. The molecular formula is C119H120BrIN8O21. The smallest absolute Gasteiger partial charge is 0.339 e. The number of aromatic nitrogens is 4. The van der Waals surface area contributed by atoms with Crippen LogP contribution in [-0.4, -0.2) is 165 Å². The van der Waals surface area contributed by atoms with E-state index in [0.717, 1.165) is 111 Å². The molecule has 0 fully saturated rings. The molecule has 20 rings (SSSR count). The Morgan fingerprint density at radius 3 is 0.973 bits per heavy atom. The van der Waals surface area contributed by atoms with Gasteiger partial charge in [0.15, 0.2) is 0 Å². The van der Waals surface area contributed by atoms with E-state index in [9.17, 15) is 85.6 Å². The molecule has 0 saturated carbocycles. The van der Waals surface area contributed by atoms with Gasteiger partial charge < -0.3 is 105 Å². The highest BCUT2D eigenvalue weighted by atomic mass is 127. The van der Waals surface area contributed by atoms with Crippen LogP contribution in [0.1, 0.15) is 201 Å². The second kappa shape index (κ2) is 50.1. The molecule has 16 aromatic rings. The third-order valence-corrected chi connectivity index (χ3v) is 28.9. The topological polar surface area (TPSA) is 442 Å². The average molecular weight is 2210 g/mol. The number of nitrogens with zero attached hydrogens (tertiary/aromatic N) is 7. The highest BCUT2D eigenvalue weighted by Gasteiger charge is 2.34. The van der Waals surface area contributed by atoms with Crippen LogP contribution in [0.15, 0.2) is 248 Å². The second-order valence-electron chi connectivity index (χ2n) is 37.0. The number of methoxy groups -OCH3 is 4. The van der Waals surface area contributed by atoms with E-state index in [1.54, 1.807) is 73.3 Å². The van der Waals surface area contributed by atoms with Crippen molar-refractivity contribution in [3.8, 4) is 44.5 Å². The number of aliphatic hydroxyl groups excluding tert-OH is 13. The van der Waals surface area contributed by atoms with Crippen molar-refractivity contribution in [1.29, 1.82) is 0 Å². The molecule has 150 heavy (non-hydrogen) atoms. The highest BCUT2D eigenvalue weighted by Crippen LogP contribution is 2.49. The number of benzene rings is 12. The third-order valence-electron chi connectivity index (χ3n) is 28.5. The summed E-state index contributed by atoms with van der Waals surface area (Å²) < 4.78 is 20.5. The minimum Gasteiger partial charge on any atom is -0.465 e. The molecule has 0 bridgehead atoms. The summed E-state index contributed by atoms with van der Waals surface area (Å²) in [4.78, 5) is 75.9. The third kappa shape index (κ3) is 22.7. The summed E-state index contributed by atoms with van der Waals surface area (Å²) in [6.07, 6.45) is 10.0. The molecule has 4 aromatic heterocycles. The number of nitrogens with one attached hydrogen (secondary N) is 1. The number of carbonyl (C=O) groups is 4. The predicted octanol–water partition coefficient (Wildman–Crippen LogP) is 19.5. The zero-order valence-corrected chi connectivity index (χ0v) is 88.0. The van der Waals surface area contributed by atoms with Crippen LogP contribution < -0.4 is 20.0 Å². The fourth-order valence-corrected chi connectivity index (χ4v) is 21.1. The van der Waals surface area contributed by atoms with E-state index < -0.39 is 30.0 Å². The van der Waals surface area contributed by atoms with Gasteiger partial charge in [-0.05, 0) is 365 Å². The number of para-hydroxylation sites is 4. The van der Waals surface area contributed by atoms with E-state index in [2.05, 4.69) is 126 Å². The molecule has 0 radical (unpaired) electrons. The molecule has 29 nitrogen and oxygen atoms in total. The van der Waals surface area contributed by atoms with E-state index in [1.165, 1.54) is 63.3 Å². The van der Waals surface area contributed by atoms with Crippen molar-refractivity contribution in [1.82, 2.24) is 19.9 Å². The van der Waals surface area contributed by atoms with Gasteiger partial charge in [-0.2, -0.15) is 0 Å². The summed E-state index contributed by atoms with van der Waals surface area (Å²) in [6.45, 7) is 7.14. The predicted molar refractivity (Wildman–Crippen MR) is 592 cm³/mol. The Morgan fingerprint density at radius 2 is 0.620 bits per heavy atom. The Balaban J connectivity index is 0.000000144. The first kappa shape index (κ1) is 110. The number of rotatable bonds is 23. The van der Waals surface area contributed by atoms with Gasteiger partial charge in [-0.15, -0.1) is 24.0 Å². The van der Waals surface area contributed by atoms with Crippen LogP contribution in [0.25, 0.3) is 87.6 Å². The number of hydrogen-bond acceptors (Lipinski definition) is 29. The summed E-state index contributed by atoms with van der Waals surface area (Å²) in [6, 6.07) is 68.7. The lowest BCUT2D eigenvalue weighted by molar-refractivity contribution is 0.0556. The molecule has 4 atom stereocenters. The van der Waals surface area contributed by atoms with Crippen LogP contribution in [0.4, 0.5) is 40.2 Å². The molecular weight excluding hydrogens is 2080 g/mol. The van der Waals surface area contributed by atoms with Gasteiger partial charge in [0, 0.05) is 90.4 Å². The normalized spacial score (nSPS) is 14.7. The Labute approximate surface area is 893 Å². The van der Waals surface area contributed by atoms with Crippen molar-refractivity contribution in [3.63, 3.8) is 0 Å². The van der Waals surface area contributed by atoms with Gasteiger partial charge in [0.1, 0.15) is 22.1 Å². The van der Waals surface area contributed by atoms with Crippen molar-refractivity contribution < 1.29 is 105 Å². The summed E-state index contributed by atoms with van der Waals surface area (Å²) >= 11 is 3.32. The van der Waals surface area contributed by atoms with Crippen LogP contribution in [0.3, 0.4) is 0 Å². The lowest BCUT2D eigenvalue weighted by Crippen LogP contribution is -2.27. The van der Waals surface area contributed by atoms with Gasteiger partial charge in [0.05, 0.1) is 136 Å². The molecule has 12 aromatic carbocycles. The molecule has 31 heteroatoms. The minimum absolute atomic E-state index is 0. The van der Waals surface area contributed by atoms with Crippen molar-refractivity contribution in [2.75, 3.05) is 74.6 Å². The first-order chi connectivity index (χ1) is 72.4. The van der Waals surface area contributed by atoms with E-state index in [4.69, 9.17) is 23.9 Å². The Hall–Kier alpha value is -14.0. The van der Waals surface area contributed by atoms with E-state index in [-0.39, 0.29) is 126 Å². The van der Waals surface area contributed by atoms with Crippen molar-refractivity contribution in [3.05, 3.63) is 359 Å². The van der Waals surface area contributed by atoms with Crippen molar-refractivity contribution >= 4 is 147 Å². The fraction of sp³-hybridized carbons (Fsp3) is 0.261. The molecule has 4 aliphatic rings. The molecule has 14 N–H and O–H groups in total. The molecule has 0 unspecified atom stereocenters.